The Balaban J connectivity index is 2.63. The normalized spacial score (nSPS) is 12.7. The molecule has 0 saturated heterocycles. The third kappa shape index (κ3) is 6.19. The van der Waals surface area contributed by atoms with Gasteiger partial charge in [-0.1, -0.05) is 19.8 Å². The molecule has 0 aliphatic rings. The number of aromatic nitrogens is 1. The predicted molar refractivity (Wildman–Crippen MR) is 74.2 cm³/mol. The van der Waals surface area contributed by atoms with Gasteiger partial charge in [0.25, 0.3) is 0 Å². The second kappa shape index (κ2) is 7.73. The Hall–Kier alpha value is -1.63. The van der Waals surface area contributed by atoms with E-state index < -0.39 is 10.0 Å². The summed E-state index contributed by atoms with van der Waals surface area (Å²) in [5, 5.41) is 2.54. The lowest BCUT2D eigenvalue weighted by atomic mass is 10.1. The summed E-state index contributed by atoms with van der Waals surface area (Å²) in [7, 11) is -3.50. The summed E-state index contributed by atoms with van der Waals surface area (Å²) in [5.74, 6) is -0.138. The number of carbonyl (C=O) groups excluding carboxylic acids is 1. The van der Waals surface area contributed by atoms with E-state index in [1.807, 2.05) is 6.92 Å². The average Bonchev–Trinajstić information content (AvgIpc) is 2.36. The van der Waals surface area contributed by atoms with E-state index in [0.29, 0.717) is 18.5 Å². The number of carbonyl (C=O) groups is 1. The van der Waals surface area contributed by atoms with Gasteiger partial charge in [0, 0.05) is 12.2 Å². The number of hydrogen-bond donors (Lipinski definition) is 2. The number of unbranched alkanes of at least 4 members (excludes halogenated alkanes) is 1. The Kier molecular flexibility index (Phi) is 6.27. The van der Waals surface area contributed by atoms with Crippen LogP contribution in [0.15, 0.2) is 24.5 Å². The van der Waals surface area contributed by atoms with Gasteiger partial charge < -0.3 is 5.32 Å². The Morgan fingerprint density at radius 3 is 2.84 bits per heavy atom. The number of nitrogens with zero attached hydrogens (tertiary/aromatic N) is 1. The molecule has 2 N–H and O–H groups in total. The van der Waals surface area contributed by atoms with Gasteiger partial charge in [-0.2, -0.15) is 0 Å². The summed E-state index contributed by atoms with van der Waals surface area (Å²) >= 11 is 0. The maximum Gasteiger partial charge on any atom is 0.234 e. The van der Waals surface area contributed by atoms with Crippen LogP contribution in [0.4, 0.5) is 5.69 Å². The molecule has 7 heteroatoms. The molecule has 0 aromatic carbocycles. The molecule has 0 bridgehead atoms. The molecule has 1 heterocycles. The highest BCUT2D eigenvalue weighted by molar-refractivity contribution is 7.92. The fourth-order valence-corrected chi connectivity index (χ4v) is 3.03. The van der Waals surface area contributed by atoms with Crippen molar-refractivity contribution in [3.05, 3.63) is 24.5 Å². The van der Waals surface area contributed by atoms with Gasteiger partial charge in [0.15, 0.2) is 0 Å². The quantitative estimate of drug-likeness (QED) is 0.666. The molecule has 0 aliphatic carbocycles. The Morgan fingerprint density at radius 2 is 2.26 bits per heavy atom. The number of pyridine rings is 1. The fourth-order valence-electron chi connectivity index (χ4n) is 1.67. The minimum absolute atomic E-state index is 0.138. The van der Waals surface area contributed by atoms with Crippen LogP contribution in [0.3, 0.4) is 0 Å². The van der Waals surface area contributed by atoms with Gasteiger partial charge in [-0.05, 0) is 18.6 Å². The third-order valence-electron chi connectivity index (χ3n) is 2.57. The number of hydrogen-bond acceptors (Lipinski definition) is 4. The van der Waals surface area contributed by atoms with Crippen molar-refractivity contribution < 1.29 is 13.2 Å². The van der Waals surface area contributed by atoms with E-state index in [4.69, 9.17) is 0 Å². The molecule has 0 saturated carbocycles. The Morgan fingerprint density at radius 1 is 1.47 bits per heavy atom. The number of nitrogens with one attached hydrogen (secondary N) is 2. The second-order valence-electron chi connectivity index (χ2n) is 4.25. The largest absolute Gasteiger partial charge is 0.355 e. The molecule has 1 amide bonds. The van der Waals surface area contributed by atoms with Crippen LogP contribution in [0, 0.1) is 0 Å². The molecular formula is C12H19N3O3S. The first-order chi connectivity index (χ1) is 9.07. The standard InChI is InChI=1S/C12H19N3O3S/c1-2-3-5-12(14-10-16)9-19(17,18)15-11-6-4-7-13-8-11/h4,6-8,10,12,15H,2-3,5,9H2,1H3,(H,14,16)/t12-/m0/s1. The van der Waals surface area contributed by atoms with E-state index in [1.165, 1.54) is 6.20 Å². The van der Waals surface area contributed by atoms with Crippen LogP contribution in [0.2, 0.25) is 0 Å². The molecule has 0 unspecified atom stereocenters. The lowest BCUT2D eigenvalue weighted by Crippen LogP contribution is -2.36. The maximum absolute atomic E-state index is 12.0. The van der Waals surface area contributed by atoms with Crippen LogP contribution in [0.5, 0.6) is 0 Å². The molecular weight excluding hydrogens is 266 g/mol. The predicted octanol–water partition coefficient (Wildman–Crippen LogP) is 1.13. The molecule has 6 nitrogen and oxygen atoms in total. The van der Waals surface area contributed by atoms with Gasteiger partial charge in [0.2, 0.25) is 16.4 Å². The van der Waals surface area contributed by atoms with Gasteiger partial charge >= 0.3 is 0 Å². The van der Waals surface area contributed by atoms with Crippen molar-refractivity contribution in [1.29, 1.82) is 0 Å². The molecule has 1 atom stereocenters. The molecule has 1 aromatic rings. The van der Waals surface area contributed by atoms with Gasteiger partial charge in [-0.3, -0.25) is 14.5 Å². The van der Waals surface area contributed by atoms with Crippen LogP contribution < -0.4 is 10.0 Å². The third-order valence-corrected chi connectivity index (χ3v) is 3.95. The lowest BCUT2D eigenvalue weighted by molar-refractivity contribution is -0.110. The first-order valence-electron chi connectivity index (χ1n) is 6.17. The number of anilines is 1. The van der Waals surface area contributed by atoms with Crippen LogP contribution >= 0.6 is 0 Å². The molecule has 0 fully saturated rings. The summed E-state index contributed by atoms with van der Waals surface area (Å²) in [5.41, 5.74) is 0.419. The van der Waals surface area contributed by atoms with Gasteiger partial charge in [-0.25, -0.2) is 8.42 Å². The number of amides is 1. The lowest BCUT2D eigenvalue weighted by Gasteiger charge is -2.16. The minimum atomic E-state index is -3.50. The van der Waals surface area contributed by atoms with Crippen molar-refractivity contribution in [3.8, 4) is 0 Å². The van der Waals surface area contributed by atoms with Crippen LogP contribution in [0.1, 0.15) is 26.2 Å². The van der Waals surface area contributed by atoms with Crippen LogP contribution in [-0.4, -0.2) is 31.6 Å². The molecule has 19 heavy (non-hydrogen) atoms. The maximum atomic E-state index is 12.0. The van der Waals surface area contributed by atoms with E-state index in [2.05, 4.69) is 15.0 Å². The fraction of sp³-hybridized carbons (Fsp3) is 0.500. The molecule has 0 aliphatic heterocycles. The minimum Gasteiger partial charge on any atom is -0.355 e. The van der Waals surface area contributed by atoms with Crippen molar-refractivity contribution in [2.75, 3.05) is 10.5 Å². The highest BCUT2D eigenvalue weighted by Gasteiger charge is 2.18. The topological polar surface area (TPSA) is 88.2 Å². The summed E-state index contributed by atoms with van der Waals surface area (Å²) in [4.78, 5) is 14.3. The average molecular weight is 285 g/mol. The highest BCUT2D eigenvalue weighted by Crippen LogP contribution is 2.09. The Labute approximate surface area is 113 Å². The molecule has 1 aromatic heterocycles. The summed E-state index contributed by atoms with van der Waals surface area (Å²) in [6, 6.07) is 2.90. The first-order valence-corrected chi connectivity index (χ1v) is 7.83. The summed E-state index contributed by atoms with van der Waals surface area (Å²) < 4.78 is 26.3. The highest BCUT2D eigenvalue weighted by atomic mass is 32.2. The van der Waals surface area contributed by atoms with Crippen molar-refractivity contribution in [2.45, 2.75) is 32.2 Å². The van der Waals surface area contributed by atoms with Gasteiger partial charge in [0.1, 0.15) is 0 Å². The molecule has 0 spiro atoms. The zero-order valence-corrected chi connectivity index (χ0v) is 11.7. The van der Waals surface area contributed by atoms with E-state index in [9.17, 15) is 13.2 Å². The SMILES string of the molecule is CCCC[C@@H](CS(=O)(=O)Nc1cccnc1)NC=O. The smallest absolute Gasteiger partial charge is 0.234 e. The number of rotatable bonds is 9. The van der Waals surface area contributed by atoms with Gasteiger partial charge in [0.05, 0.1) is 17.6 Å². The molecule has 0 radical (unpaired) electrons. The Bertz CT molecular complexity index is 476. The van der Waals surface area contributed by atoms with E-state index in [0.717, 1.165) is 12.8 Å². The van der Waals surface area contributed by atoms with Crippen LogP contribution in [-0.2, 0) is 14.8 Å². The first kappa shape index (κ1) is 15.4. The summed E-state index contributed by atoms with van der Waals surface area (Å²) in [6.45, 7) is 2.01. The second-order valence-corrected chi connectivity index (χ2v) is 6.02. The monoisotopic (exact) mass is 285 g/mol. The summed E-state index contributed by atoms with van der Waals surface area (Å²) in [6.07, 6.45) is 6.01. The van der Waals surface area contributed by atoms with E-state index in [-0.39, 0.29) is 11.8 Å². The molecule has 106 valence electrons. The van der Waals surface area contributed by atoms with Crippen molar-refractivity contribution >= 4 is 22.1 Å². The zero-order valence-electron chi connectivity index (χ0n) is 10.9. The zero-order chi connectivity index (χ0) is 14.1. The van der Waals surface area contributed by atoms with Crippen molar-refractivity contribution in [1.82, 2.24) is 10.3 Å². The van der Waals surface area contributed by atoms with Crippen LogP contribution in [0.25, 0.3) is 0 Å². The van der Waals surface area contributed by atoms with E-state index >= 15 is 0 Å². The van der Waals surface area contributed by atoms with Crippen molar-refractivity contribution in [3.63, 3.8) is 0 Å². The van der Waals surface area contributed by atoms with E-state index in [1.54, 1.807) is 18.3 Å². The molecule has 1 rings (SSSR count). The number of sulfonamides is 1. The van der Waals surface area contributed by atoms with Gasteiger partial charge in [-0.15, -0.1) is 0 Å². The van der Waals surface area contributed by atoms with Crippen molar-refractivity contribution in [2.24, 2.45) is 0 Å².